The predicted octanol–water partition coefficient (Wildman–Crippen LogP) is 5.18. The minimum Gasteiger partial charge on any atom is -0.289 e. The third-order valence-corrected chi connectivity index (χ3v) is 7.55. The smallest absolute Gasteiger partial charge is 0.289 e. The van der Waals surface area contributed by atoms with Crippen molar-refractivity contribution in [2.24, 2.45) is 0 Å². The van der Waals surface area contributed by atoms with E-state index >= 15 is 0 Å². The number of benzene rings is 3. The highest BCUT2D eigenvalue weighted by atomic mass is 31.2. The number of rotatable bonds is 7. The highest BCUT2D eigenvalue weighted by Crippen LogP contribution is 2.58. The molecule has 1 unspecified atom stereocenters. The molecule has 0 spiro atoms. The zero-order valence-corrected chi connectivity index (χ0v) is 18.6. The van der Waals surface area contributed by atoms with Crippen LogP contribution in [0.2, 0.25) is 0 Å². The molecule has 0 amide bonds. The van der Waals surface area contributed by atoms with Crippen molar-refractivity contribution in [1.82, 2.24) is 0 Å². The summed E-state index contributed by atoms with van der Waals surface area (Å²) in [6, 6.07) is 19.6. The Morgan fingerprint density at radius 2 is 1.40 bits per heavy atom. The molecule has 0 fully saturated rings. The molecule has 0 aromatic heterocycles. The van der Waals surface area contributed by atoms with Gasteiger partial charge in [-0.25, -0.2) is 9.69 Å². The lowest BCUT2D eigenvalue weighted by Gasteiger charge is -2.20. The summed E-state index contributed by atoms with van der Waals surface area (Å²) >= 11 is 0. The Hall–Kier alpha value is -2.65. The number of aryl methyl sites for hydroxylation is 2. The van der Waals surface area contributed by atoms with Gasteiger partial charge in [-0.05, 0) is 56.5 Å². The SMILES string of the molecule is CCO[P+](O)(C(=O)c1c(C)cc(C)c(C(=O)c2ccccc2)c1C)c1ccccc1. The van der Waals surface area contributed by atoms with Crippen molar-refractivity contribution in [3.8, 4) is 0 Å². The van der Waals surface area contributed by atoms with Gasteiger partial charge in [0.25, 0.3) is 0 Å². The van der Waals surface area contributed by atoms with Crippen molar-refractivity contribution >= 4 is 24.3 Å². The number of carbonyl (C=O) groups excluding carboxylic acids is 2. The molecule has 0 saturated carbocycles. The number of hydrogen-bond donors (Lipinski definition) is 1. The molecule has 154 valence electrons. The van der Waals surface area contributed by atoms with Crippen LogP contribution < -0.4 is 5.30 Å². The van der Waals surface area contributed by atoms with E-state index in [0.717, 1.165) is 5.56 Å². The molecular formula is C25H26O4P+. The highest BCUT2D eigenvalue weighted by molar-refractivity contribution is 7.89. The summed E-state index contributed by atoms with van der Waals surface area (Å²) in [5.41, 5.74) is 3.03. The van der Waals surface area contributed by atoms with Gasteiger partial charge in [0.1, 0.15) is 0 Å². The van der Waals surface area contributed by atoms with Crippen LogP contribution >= 0.6 is 7.72 Å². The molecule has 0 heterocycles. The lowest BCUT2D eigenvalue weighted by atomic mass is 9.89. The van der Waals surface area contributed by atoms with Gasteiger partial charge in [0.15, 0.2) is 11.1 Å². The Morgan fingerprint density at radius 1 is 0.867 bits per heavy atom. The zero-order valence-electron chi connectivity index (χ0n) is 17.7. The van der Waals surface area contributed by atoms with Gasteiger partial charge in [-0.1, -0.05) is 54.6 Å². The summed E-state index contributed by atoms with van der Waals surface area (Å²) < 4.78 is 5.69. The van der Waals surface area contributed by atoms with E-state index in [-0.39, 0.29) is 12.4 Å². The fourth-order valence-electron chi connectivity index (χ4n) is 3.82. The summed E-state index contributed by atoms with van der Waals surface area (Å²) in [6.45, 7) is 7.41. The maximum absolute atomic E-state index is 13.7. The largest absolute Gasteiger partial charge is 0.379 e. The van der Waals surface area contributed by atoms with Crippen LogP contribution in [-0.2, 0) is 4.52 Å². The van der Waals surface area contributed by atoms with Gasteiger partial charge >= 0.3 is 13.2 Å². The van der Waals surface area contributed by atoms with Gasteiger partial charge in [-0.2, -0.15) is 4.52 Å². The number of carbonyl (C=O) groups is 2. The normalized spacial score (nSPS) is 13.0. The molecule has 0 radical (unpaired) electrons. The van der Waals surface area contributed by atoms with E-state index < -0.39 is 13.2 Å². The van der Waals surface area contributed by atoms with E-state index in [1.54, 1.807) is 50.2 Å². The van der Waals surface area contributed by atoms with E-state index in [1.165, 1.54) is 0 Å². The molecule has 0 aliphatic carbocycles. The second-order valence-electron chi connectivity index (χ2n) is 7.22. The summed E-state index contributed by atoms with van der Waals surface area (Å²) in [5.74, 6) is -0.141. The average molecular weight is 421 g/mol. The molecule has 0 saturated heterocycles. The molecule has 3 aromatic carbocycles. The lowest BCUT2D eigenvalue weighted by Crippen LogP contribution is -2.24. The first-order valence-corrected chi connectivity index (χ1v) is 11.5. The molecule has 1 N–H and O–H groups in total. The van der Waals surface area contributed by atoms with E-state index in [0.29, 0.717) is 33.1 Å². The van der Waals surface area contributed by atoms with Crippen LogP contribution in [0, 0.1) is 20.8 Å². The van der Waals surface area contributed by atoms with E-state index in [2.05, 4.69) is 0 Å². The minimum absolute atomic E-state index is 0.141. The van der Waals surface area contributed by atoms with Gasteiger partial charge in [-0.3, -0.25) is 4.79 Å². The second kappa shape index (κ2) is 9.01. The lowest BCUT2D eigenvalue weighted by molar-refractivity contribution is 0.103. The van der Waals surface area contributed by atoms with Gasteiger partial charge in [0, 0.05) is 11.1 Å². The topological polar surface area (TPSA) is 63.6 Å². The fourth-order valence-corrected chi connectivity index (χ4v) is 5.91. The molecule has 1 atom stereocenters. The third-order valence-electron chi connectivity index (χ3n) is 5.15. The van der Waals surface area contributed by atoms with Crippen molar-refractivity contribution < 1.29 is 19.0 Å². The first kappa shape index (κ1) is 22.0. The first-order chi connectivity index (χ1) is 14.3. The standard InChI is InChI=1S/C25H26O4P/c1-5-29-30(28,21-14-10-7-11-15-21)25(27)23-18(3)16-17(2)22(19(23)4)24(26)20-12-8-6-9-13-20/h6-16,28H,5H2,1-4H3/q+1. The maximum Gasteiger partial charge on any atom is 0.379 e. The highest BCUT2D eigenvalue weighted by Gasteiger charge is 2.52. The summed E-state index contributed by atoms with van der Waals surface area (Å²) in [4.78, 5) is 38.3. The number of hydrogen-bond acceptors (Lipinski definition) is 4. The van der Waals surface area contributed by atoms with E-state index in [1.807, 2.05) is 44.2 Å². The monoisotopic (exact) mass is 421 g/mol. The van der Waals surface area contributed by atoms with E-state index in [9.17, 15) is 14.5 Å². The Bertz CT molecular complexity index is 1080. The second-order valence-corrected chi connectivity index (χ2v) is 9.55. The number of ketones is 1. The average Bonchev–Trinajstić information content (AvgIpc) is 2.74. The Morgan fingerprint density at radius 3 is 1.97 bits per heavy atom. The summed E-state index contributed by atoms with van der Waals surface area (Å²) in [6.07, 6.45) is 0. The molecular weight excluding hydrogens is 395 g/mol. The van der Waals surface area contributed by atoms with Gasteiger partial charge in [0.05, 0.1) is 12.2 Å². The van der Waals surface area contributed by atoms with Crippen LogP contribution in [0.5, 0.6) is 0 Å². The maximum atomic E-state index is 13.7. The van der Waals surface area contributed by atoms with Gasteiger partial charge < -0.3 is 0 Å². The van der Waals surface area contributed by atoms with Crippen LogP contribution in [0.4, 0.5) is 0 Å². The Kier molecular flexibility index (Phi) is 6.62. The van der Waals surface area contributed by atoms with Crippen molar-refractivity contribution in [2.45, 2.75) is 27.7 Å². The molecule has 4 nitrogen and oxygen atoms in total. The quantitative estimate of drug-likeness (QED) is 0.422. The van der Waals surface area contributed by atoms with Crippen molar-refractivity contribution in [2.75, 3.05) is 6.61 Å². The molecule has 3 rings (SSSR count). The minimum atomic E-state index is -3.58. The van der Waals surface area contributed by atoms with Crippen molar-refractivity contribution in [3.05, 3.63) is 100 Å². The molecule has 0 aliphatic heterocycles. The Balaban J connectivity index is 2.18. The summed E-state index contributed by atoms with van der Waals surface area (Å²) in [5, 5.41) is 0.465. The molecule has 0 aliphatic rings. The third kappa shape index (κ3) is 3.99. The molecule has 5 heteroatoms. The van der Waals surface area contributed by atoms with Crippen LogP contribution in [0.1, 0.15) is 49.9 Å². The molecule has 30 heavy (non-hydrogen) atoms. The van der Waals surface area contributed by atoms with E-state index in [4.69, 9.17) is 4.52 Å². The summed E-state index contributed by atoms with van der Waals surface area (Å²) in [7, 11) is -3.58. The molecule has 3 aromatic rings. The van der Waals surface area contributed by atoms with Crippen LogP contribution in [-0.4, -0.2) is 22.8 Å². The van der Waals surface area contributed by atoms with Crippen molar-refractivity contribution in [1.29, 1.82) is 0 Å². The predicted molar refractivity (Wildman–Crippen MR) is 122 cm³/mol. The zero-order chi connectivity index (χ0) is 21.9. The van der Waals surface area contributed by atoms with Gasteiger partial charge in [0.2, 0.25) is 0 Å². The molecule has 0 bridgehead atoms. The first-order valence-electron chi connectivity index (χ1n) is 9.88. The Labute approximate surface area is 178 Å². The fraction of sp³-hybridized carbons (Fsp3) is 0.200. The van der Waals surface area contributed by atoms with Crippen LogP contribution in [0.3, 0.4) is 0 Å². The van der Waals surface area contributed by atoms with Crippen LogP contribution in [0.15, 0.2) is 66.7 Å². The van der Waals surface area contributed by atoms with Crippen LogP contribution in [0.25, 0.3) is 0 Å². The van der Waals surface area contributed by atoms with Crippen molar-refractivity contribution in [3.63, 3.8) is 0 Å². The van der Waals surface area contributed by atoms with Gasteiger partial charge in [-0.15, -0.1) is 0 Å².